The second-order valence-corrected chi connectivity index (χ2v) is 14.5. The number of aryl methyl sites for hydroxylation is 1. The Morgan fingerprint density at radius 3 is 1.74 bits per heavy atom. The number of nitrogens with zero attached hydrogens (tertiary/aromatic N) is 1. The van der Waals surface area contributed by atoms with Crippen LogP contribution < -0.4 is 0 Å². The minimum Gasteiger partial charge on any atom is -0.309 e. The maximum Gasteiger partial charge on any atom is 0.0541 e. The molecule has 1 aromatic heterocycles. The molecule has 252 valence electrons. The Bertz CT molecular complexity index is 2720. The summed E-state index contributed by atoms with van der Waals surface area (Å²) < 4.78 is 2.41. The van der Waals surface area contributed by atoms with E-state index in [1.54, 1.807) is 0 Å². The lowest BCUT2D eigenvalue weighted by molar-refractivity contribution is 0.616. The predicted molar refractivity (Wildman–Crippen MR) is 224 cm³/mol. The third kappa shape index (κ3) is 5.76. The Labute approximate surface area is 311 Å². The van der Waals surface area contributed by atoms with Crippen LogP contribution in [-0.4, -0.2) is 4.57 Å². The van der Waals surface area contributed by atoms with E-state index in [2.05, 4.69) is 199 Å². The molecule has 9 aromatic rings. The number of hydrogen-bond acceptors (Lipinski definition) is 0. The minimum atomic E-state index is 0.502. The topological polar surface area (TPSA) is 4.93 Å². The lowest BCUT2D eigenvalue weighted by Crippen LogP contribution is -2.12. The van der Waals surface area contributed by atoms with Crippen molar-refractivity contribution >= 4 is 21.8 Å². The molecule has 0 bridgehead atoms. The molecule has 0 amide bonds. The lowest BCUT2D eigenvalue weighted by atomic mass is 9.76. The summed E-state index contributed by atoms with van der Waals surface area (Å²) in [4.78, 5) is 0. The summed E-state index contributed by atoms with van der Waals surface area (Å²) in [5.41, 5.74) is 18.3. The van der Waals surface area contributed by atoms with Crippen LogP contribution in [0.5, 0.6) is 0 Å². The number of fused-ring (bicyclic) bond motifs is 6. The third-order valence-electron chi connectivity index (χ3n) is 11.3. The molecule has 0 radical (unpaired) electrons. The highest BCUT2D eigenvalue weighted by Gasteiger charge is 2.25. The zero-order valence-electron chi connectivity index (χ0n) is 29.6. The molecule has 0 fully saturated rings. The van der Waals surface area contributed by atoms with Crippen molar-refractivity contribution in [2.24, 2.45) is 0 Å². The number of benzene rings is 8. The standard InChI is InChI=1S/C52H39N/c1-3-11-37(12-4-1)39-22-19-36(20-23-39)21-24-43-33-44-26-25-41(34-49(44)47-16-8-7-15-46(43)47)42-29-32-52-50(35-42)48-17-9-10-18-51(48)53(52)45-30-27-40(28-31-45)38-13-5-2-6-14-38/h1-20,22-23,25-32,34-35,43H,21,24,33H2. The molecular formula is C52H39N. The number of rotatable bonds is 7. The third-order valence-corrected chi connectivity index (χ3v) is 11.3. The molecule has 53 heavy (non-hydrogen) atoms. The summed E-state index contributed by atoms with van der Waals surface area (Å²) in [5, 5.41) is 2.55. The quantitative estimate of drug-likeness (QED) is 0.158. The van der Waals surface area contributed by atoms with Crippen molar-refractivity contribution in [3.8, 4) is 50.2 Å². The Morgan fingerprint density at radius 2 is 0.981 bits per heavy atom. The van der Waals surface area contributed by atoms with Gasteiger partial charge in [-0.25, -0.2) is 0 Å². The Morgan fingerprint density at radius 1 is 0.415 bits per heavy atom. The molecule has 1 nitrogen and oxygen atoms in total. The van der Waals surface area contributed by atoms with Crippen molar-refractivity contribution in [1.82, 2.24) is 4.57 Å². The molecule has 0 saturated carbocycles. The van der Waals surface area contributed by atoms with E-state index in [4.69, 9.17) is 0 Å². The van der Waals surface area contributed by atoms with Gasteiger partial charge in [0.1, 0.15) is 0 Å². The predicted octanol–water partition coefficient (Wildman–Crippen LogP) is 13.7. The smallest absolute Gasteiger partial charge is 0.0541 e. The van der Waals surface area contributed by atoms with Crippen LogP contribution in [0, 0.1) is 0 Å². The van der Waals surface area contributed by atoms with Gasteiger partial charge in [0.15, 0.2) is 0 Å². The van der Waals surface area contributed by atoms with Crippen LogP contribution in [0.2, 0.25) is 0 Å². The summed E-state index contributed by atoms with van der Waals surface area (Å²) in [6.07, 6.45) is 3.29. The van der Waals surface area contributed by atoms with Crippen molar-refractivity contribution in [2.75, 3.05) is 0 Å². The van der Waals surface area contributed by atoms with Crippen LogP contribution in [-0.2, 0) is 12.8 Å². The van der Waals surface area contributed by atoms with Gasteiger partial charge in [-0.3, -0.25) is 0 Å². The van der Waals surface area contributed by atoms with Gasteiger partial charge in [0.25, 0.3) is 0 Å². The van der Waals surface area contributed by atoms with Gasteiger partial charge in [0, 0.05) is 16.5 Å². The Kier molecular flexibility index (Phi) is 7.84. The minimum absolute atomic E-state index is 0.502. The van der Waals surface area contributed by atoms with E-state index in [0.717, 1.165) is 19.3 Å². The van der Waals surface area contributed by atoms with E-state index in [1.807, 2.05) is 0 Å². The first kappa shape index (κ1) is 31.3. The first-order valence-corrected chi connectivity index (χ1v) is 18.8. The van der Waals surface area contributed by atoms with E-state index < -0.39 is 0 Å². The molecule has 0 aliphatic heterocycles. The van der Waals surface area contributed by atoms with Crippen molar-refractivity contribution in [1.29, 1.82) is 0 Å². The largest absolute Gasteiger partial charge is 0.309 e. The first-order chi connectivity index (χ1) is 26.3. The number of para-hydroxylation sites is 1. The lowest BCUT2D eigenvalue weighted by Gasteiger charge is -2.28. The molecular weight excluding hydrogens is 639 g/mol. The second-order valence-electron chi connectivity index (χ2n) is 14.5. The van der Waals surface area contributed by atoms with Gasteiger partial charge in [-0.05, 0) is 123 Å². The Hall–Kier alpha value is -6.44. The van der Waals surface area contributed by atoms with E-state index in [9.17, 15) is 0 Å². The molecule has 8 aromatic carbocycles. The fourth-order valence-corrected chi connectivity index (χ4v) is 8.62. The zero-order valence-corrected chi connectivity index (χ0v) is 29.6. The van der Waals surface area contributed by atoms with Crippen molar-refractivity contribution < 1.29 is 0 Å². The number of hydrogen-bond donors (Lipinski definition) is 0. The molecule has 1 atom stereocenters. The van der Waals surface area contributed by atoms with Crippen molar-refractivity contribution in [3.05, 3.63) is 211 Å². The number of aromatic nitrogens is 1. The summed E-state index contributed by atoms with van der Waals surface area (Å²) >= 11 is 0. The van der Waals surface area contributed by atoms with Crippen LogP contribution >= 0.6 is 0 Å². The van der Waals surface area contributed by atoms with Gasteiger partial charge in [0.2, 0.25) is 0 Å². The van der Waals surface area contributed by atoms with E-state index in [-0.39, 0.29) is 0 Å². The molecule has 10 rings (SSSR count). The van der Waals surface area contributed by atoms with Crippen LogP contribution in [0.4, 0.5) is 0 Å². The van der Waals surface area contributed by atoms with Crippen LogP contribution in [0.3, 0.4) is 0 Å². The van der Waals surface area contributed by atoms with Crippen LogP contribution in [0.1, 0.15) is 29.0 Å². The van der Waals surface area contributed by atoms with E-state index in [1.165, 1.54) is 88.7 Å². The molecule has 1 aliphatic rings. The highest BCUT2D eigenvalue weighted by Crippen LogP contribution is 2.44. The van der Waals surface area contributed by atoms with Gasteiger partial charge in [-0.2, -0.15) is 0 Å². The van der Waals surface area contributed by atoms with E-state index in [0.29, 0.717) is 5.92 Å². The van der Waals surface area contributed by atoms with Crippen LogP contribution in [0.15, 0.2) is 194 Å². The summed E-state index contributed by atoms with van der Waals surface area (Å²) in [6.45, 7) is 0. The van der Waals surface area contributed by atoms with Gasteiger partial charge in [0.05, 0.1) is 11.0 Å². The maximum absolute atomic E-state index is 2.44. The average molecular weight is 678 g/mol. The second kappa shape index (κ2) is 13.3. The van der Waals surface area contributed by atoms with Gasteiger partial charge in [-0.15, -0.1) is 0 Å². The van der Waals surface area contributed by atoms with E-state index >= 15 is 0 Å². The maximum atomic E-state index is 2.44. The molecule has 0 saturated heterocycles. The zero-order chi connectivity index (χ0) is 35.1. The molecule has 1 heteroatoms. The summed E-state index contributed by atoms with van der Waals surface area (Å²) in [7, 11) is 0. The van der Waals surface area contributed by atoms with Gasteiger partial charge in [-0.1, -0.05) is 158 Å². The Balaban J connectivity index is 0.952. The summed E-state index contributed by atoms with van der Waals surface area (Å²) in [6, 6.07) is 71.5. The molecule has 0 spiro atoms. The highest BCUT2D eigenvalue weighted by atomic mass is 15.0. The average Bonchev–Trinajstić information content (AvgIpc) is 3.57. The molecule has 1 aliphatic carbocycles. The molecule has 1 heterocycles. The van der Waals surface area contributed by atoms with Gasteiger partial charge < -0.3 is 4.57 Å². The monoisotopic (exact) mass is 677 g/mol. The fraction of sp³-hybridized carbons (Fsp3) is 0.0769. The summed E-state index contributed by atoms with van der Waals surface area (Å²) in [5.74, 6) is 0.502. The van der Waals surface area contributed by atoms with Crippen molar-refractivity contribution in [3.63, 3.8) is 0 Å². The normalized spacial score (nSPS) is 13.5. The van der Waals surface area contributed by atoms with Crippen molar-refractivity contribution in [2.45, 2.75) is 25.2 Å². The first-order valence-electron chi connectivity index (χ1n) is 18.8. The molecule has 0 N–H and O–H groups in total. The van der Waals surface area contributed by atoms with Gasteiger partial charge >= 0.3 is 0 Å². The van der Waals surface area contributed by atoms with Crippen LogP contribution in [0.25, 0.3) is 72.0 Å². The highest BCUT2D eigenvalue weighted by molar-refractivity contribution is 6.10. The SMILES string of the molecule is c1ccc(-c2ccc(CCC3Cc4ccc(-c5ccc6c(c5)c5ccccc5n6-c5ccc(-c6ccccc6)cc5)cc4-c4ccccc43)cc2)cc1. The fourth-order valence-electron chi connectivity index (χ4n) is 8.62. The molecule has 1 unspecified atom stereocenters.